The molecule has 0 aromatic heterocycles. The van der Waals surface area contributed by atoms with Crippen molar-refractivity contribution in [3.05, 3.63) is 11.6 Å². The minimum atomic E-state index is -0.155. The molecule has 0 heterocycles. The van der Waals surface area contributed by atoms with Gasteiger partial charge in [-0.3, -0.25) is 9.59 Å². The predicted molar refractivity (Wildman–Crippen MR) is 112 cm³/mol. The van der Waals surface area contributed by atoms with Crippen molar-refractivity contribution in [3.63, 3.8) is 0 Å². The van der Waals surface area contributed by atoms with E-state index in [4.69, 9.17) is 9.47 Å². The summed E-state index contributed by atoms with van der Waals surface area (Å²) in [6, 6.07) is 0. The van der Waals surface area contributed by atoms with Gasteiger partial charge in [0, 0.05) is 13.3 Å². The summed E-state index contributed by atoms with van der Waals surface area (Å²) in [5.74, 6) is 2.40. The first-order valence-corrected chi connectivity index (χ1v) is 11.6. The molecule has 0 unspecified atom stereocenters. The van der Waals surface area contributed by atoms with Crippen LogP contribution in [0.15, 0.2) is 11.6 Å². The van der Waals surface area contributed by atoms with Gasteiger partial charge < -0.3 is 9.47 Å². The summed E-state index contributed by atoms with van der Waals surface area (Å²) in [4.78, 5) is 23.7. The van der Waals surface area contributed by atoms with Gasteiger partial charge in [0.25, 0.3) is 0 Å². The van der Waals surface area contributed by atoms with Crippen molar-refractivity contribution in [2.24, 2.45) is 40.4 Å². The van der Waals surface area contributed by atoms with Crippen molar-refractivity contribution < 1.29 is 19.1 Å². The second kappa shape index (κ2) is 7.42. The van der Waals surface area contributed by atoms with E-state index in [-0.39, 0.29) is 34.8 Å². The van der Waals surface area contributed by atoms with E-state index in [1.807, 2.05) is 0 Å². The lowest BCUT2D eigenvalue weighted by Gasteiger charge is -2.58. The number of hydrogen-bond donors (Lipinski definition) is 0. The number of hydrogen-bond acceptors (Lipinski definition) is 4. The zero-order chi connectivity index (χ0) is 21.0. The predicted octanol–water partition coefficient (Wildman–Crippen LogP) is 5.31. The van der Waals surface area contributed by atoms with Crippen LogP contribution in [0.3, 0.4) is 0 Å². The van der Waals surface area contributed by atoms with Crippen LogP contribution in [0.4, 0.5) is 0 Å². The van der Waals surface area contributed by atoms with Gasteiger partial charge >= 0.3 is 11.9 Å². The van der Waals surface area contributed by atoms with E-state index >= 15 is 0 Å². The summed E-state index contributed by atoms with van der Waals surface area (Å²) in [7, 11) is 1.52. The molecule has 0 aromatic rings. The Hall–Kier alpha value is -1.32. The minimum Gasteiger partial charge on any atom is -0.469 e. The maximum atomic E-state index is 12.3. The molecule has 0 radical (unpaired) electrons. The lowest BCUT2D eigenvalue weighted by atomic mass is 9.47. The molecule has 4 aliphatic carbocycles. The Morgan fingerprint density at radius 1 is 1.10 bits per heavy atom. The zero-order valence-corrected chi connectivity index (χ0v) is 18.8. The first-order chi connectivity index (χ1) is 13.7. The maximum Gasteiger partial charge on any atom is 0.308 e. The Labute approximate surface area is 175 Å². The van der Waals surface area contributed by atoms with E-state index in [0.717, 1.165) is 43.9 Å². The van der Waals surface area contributed by atoms with Crippen LogP contribution in [0.5, 0.6) is 0 Å². The molecule has 0 saturated heterocycles. The van der Waals surface area contributed by atoms with Crippen LogP contribution in [-0.4, -0.2) is 25.2 Å². The third-order valence-electron chi connectivity index (χ3n) is 9.64. The number of esters is 2. The van der Waals surface area contributed by atoms with E-state index in [1.165, 1.54) is 38.9 Å². The number of carbonyl (C=O) groups excluding carboxylic acids is 2. The fourth-order valence-electron chi connectivity index (χ4n) is 8.17. The summed E-state index contributed by atoms with van der Waals surface area (Å²) >= 11 is 0. The average Bonchev–Trinajstić information content (AvgIpc) is 3.03. The van der Waals surface area contributed by atoms with Crippen LogP contribution in [0.1, 0.15) is 79.1 Å². The molecule has 0 spiro atoms. The Morgan fingerprint density at radius 3 is 2.55 bits per heavy atom. The topological polar surface area (TPSA) is 52.6 Å². The van der Waals surface area contributed by atoms with Crippen LogP contribution in [0, 0.1) is 40.4 Å². The van der Waals surface area contributed by atoms with Crippen LogP contribution >= 0.6 is 0 Å². The number of rotatable bonds is 3. The molecule has 4 rings (SSSR count). The molecule has 0 aromatic carbocycles. The van der Waals surface area contributed by atoms with Gasteiger partial charge in [-0.1, -0.05) is 32.4 Å². The summed E-state index contributed by atoms with van der Waals surface area (Å²) in [6.45, 7) is 8.54. The highest BCUT2D eigenvalue weighted by Gasteiger charge is 2.59. The quantitative estimate of drug-likeness (QED) is 0.474. The lowest BCUT2D eigenvalue weighted by molar-refractivity contribution is -0.150. The zero-order valence-electron chi connectivity index (χ0n) is 18.8. The van der Waals surface area contributed by atoms with Gasteiger partial charge in [-0.05, 0) is 79.4 Å². The lowest BCUT2D eigenvalue weighted by Crippen LogP contribution is -2.51. The highest BCUT2D eigenvalue weighted by atomic mass is 16.5. The summed E-state index contributed by atoms with van der Waals surface area (Å²) in [6.07, 6.45) is 11.6. The molecule has 4 aliphatic rings. The first-order valence-electron chi connectivity index (χ1n) is 11.6. The summed E-state index contributed by atoms with van der Waals surface area (Å²) in [5.41, 5.74) is 2.05. The number of allylic oxidation sites excluding steroid dienone is 1. The van der Waals surface area contributed by atoms with Gasteiger partial charge in [0.1, 0.15) is 6.10 Å². The molecule has 4 heteroatoms. The third kappa shape index (κ3) is 3.25. The van der Waals surface area contributed by atoms with Crippen molar-refractivity contribution in [2.45, 2.75) is 85.2 Å². The highest BCUT2D eigenvalue weighted by molar-refractivity contribution is 5.72. The molecular weight excluding hydrogens is 364 g/mol. The molecule has 29 heavy (non-hydrogen) atoms. The van der Waals surface area contributed by atoms with Gasteiger partial charge in [0.05, 0.1) is 13.0 Å². The number of fused-ring (bicyclic) bond motifs is 5. The molecular formula is C25H38O4. The molecule has 4 nitrogen and oxygen atoms in total. The largest absolute Gasteiger partial charge is 0.469 e. The Kier molecular flexibility index (Phi) is 5.36. The molecule has 162 valence electrons. The molecule has 0 amide bonds. The fourth-order valence-corrected chi connectivity index (χ4v) is 8.17. The van der Waals surface area contributed by atoms with E-state index < -0.39 is 0 Å². The fraction of sp³-hybridized carbons (Fsp3) is 0.840. The maximum absolute atomic E-state index is 12.3. The van der Waals surface area contributed by atoms with E-state index in [0.29, 0.717) is 11.8 Å². The van der Waals surface area contributed by atoms with Crippen molar-refractivity contribution >= 4 is 11.9 Å². The van der Waals surface area contributed by atoms with Crippen LogP contribution in [-0.2, 0) is 19.1 Å². The molecule has 3 fully saturated rings. The van der Waals surface area contributed by atoms with Gasteiger partial charge in [-0.2, -0.15) is 0 Å². The third-order valence-corrected chi connectivity index (χ3v) is 9.64. The van der Waals surface area contributed by atoms with Crippen molar-refractivity contribution in [1.29, 1.82) is 0 Å². The number of methoxy groups -OCH3 is 1. The van der Waals surface area contributed by atoms with Crippen molar-refractivity contribution in [1.82, 2.24) is 0 Å². The Balaban J connectivity index is 1.56. The average molecular weight is 403 g/mol. The first kappa shape index (κ1) is 20.9. The number of ether oxygens (including phenoxy) is 2. The Bertz CT molecular complexity index is 712. The van der Waals surface area contributed by atoms with E-state index in [9.17, 15) is 9.59 Å². The Morgan fingerprint density at radius 2 is 1.86 bits per heavy atom. The van der Waals surface area contributed by atoms with Crippen molar-refractivity contribution in [3.8, 4) is 0 Å². The summed E-state index contributed by atoms with van der Waals surface area (Å²) < 4.78 is 10.7. The molecule has 0 bridgehead atoms. The van der Waals surface area contributed by atoms with Gasteiger partial charge in [-0.15, -0.1) is 0 Å². The second-order valence-corrected chi connectivity index (χ2v) is 10.8. The summed E-state index contributed by atoms with van der Waals surface area (Å²) in [5, 5.41) is 0. The van der Waals surface area contributed by atoms with Crippen LogP contribution in [0.2, 0.25) is 0 Å². The monoisotopic (exact) mass is 402 g/mol. The second-order valence-electron chi connectivity index (χ2n) is 10.8. The van der Waals surface area contributed by atoms with Gasteiger partial charge in [0.2, 0.25) is 0 Å². The van der Waals surface area contributed by atoms with E-state index in [2.05, 4.69) is 26.8 Å². The molecule has 0 aliphatic heterocycles. The minimum absolute atomic E-state index is 0.00370. The van der Waals surface area contributed by atoms with Crippen LogP contribution < -0.4 is 0 Å². The SMILES string of the molecule is COC(=O)[C@@H](C)[C@H]1CC[C@H]2[C@@H]3CC=C4C[C@@H](OC(C)=O)CC[C@]4(C)[C@H]3CC[C@]12C. The normalized spacial score (nSPS) is 44.6. The molecule has 3 saturated carbocycles. The standard InChI is InChI=1S/C25H38O4/c1-15(23(27)28-5)20-8-9-21-19-7-6-17-14-18(29-16(2)26)10-12-24(17,3)22(19)11-13-25(20,21)4/h6,15,18-22H,7-14H2,1-5H3/t15-,18-,19-,20+,21-,22-,24-,25+/m0/s1. The molecule has 0 N–H and O–H groups in total. The smallest absolute Gasteiger partial charge is 0.308 e. The van der Waals surface area contributed by atoms with Crippen LogP contribution in [0.25, 0.3) is 0 Å². The molecule has 8 atom stereocenters. The van der Waals surface area contributed by atoms with Gasteiger partial charge in [-0.25, -0.2) is 0 Å². The number of carbonyl (C=O) groups is 2. The highest BCUT2D eigenvalue weighted by Crippen LogP contribution is 2.67. The van der Waals surface area contributed by atoms with Crippen molar-refractivity contribution in [2.75, 3.05) is 7.11 Å². The van der Waals surface area contributed by atoms with E-state index in [1.54, 1.807) is 0 Å². The van der Waals surface area contributed by atoms with Gasteiger partial charge in [0.15, 0.2) is 0 Å².